The number of hydrogen-bond acceptors (Lipinski definition) is 12. The predicted octanol–water partition coefficient (Wildman–Crippen LogP) is 4.37. The molecule has 0 radical (unpaired) electrons. The number of esters is 1. The molecular formula is C40H50O12. The van der Waals surface area contributed by atoms with Crippen LogP contribution in [-0.4, -0.2) is 107 Å². The van der Waals surface area contributed by atoms with Crippen LogP contribution in [0.3, 0.4) is 0 Å². The fraction of sp³-hybridized carbons (Fsp3) is 0.475. The summed E-state index contributed by atoms with van der Waals surface area (Å²) in [6.45, 7) is 6.05. The summed E-state index contributed by atoms with van der Waals surface area (Å²) in [4.78, 5) is 12.4. The molecule has 2 aliphatic heterocycles. The number of aliphatic hydroxyl groups excluding tert-OH is 1. The second-order valence-electron chi connectivity index (χ2n) is 12.5. The van der Waals surface area contributed by atoms with Gasteiger partial charge in [-0.2, -0.15) is 0 Å². The first-order chi connectivity index (χ1) is 25.4. The van der Waals surface area contributed by atoms with E-state index in [4.69, 9.17) is 47.4 Å². The Labute approximate surface area is 305 Å². The van der Waals surface area contributed by atoms with Crippen LogP contribution in [0.1, 0.15) is 23.6 Å². The molecule has 2 heterocycles. The largest absolute Gasteiger partial charge is 0.454 e. The third-order valence-corrected chi connectivity index (χ3v) is 8.80. The summed E-state index contributed by atoms with van der Waals surface area (Å²) < 4.78 is 61.8. The smallest absolute Gasteiger partial charge is 0.303 e. The first kappa shape index (κ1) is 39.7. The van der Waals surface area contributed by atoms with E-state index in [0.717, 1.165) is 16.7 Å². The van der Waals surface area contributed by atoms with Crippen molar-refractivity contribution in [2.24, 2.45) is 0 Å². The van der Waals surface area contributed by atoms with E-state index in [1.54, 1.807) is 6.08 Å². The number of carbonyl (C=O) groups is 1. The molecule has 12 nitrogen and oxygen atoms in total. The van der Waals surface area contributed by atoms with Gasteiger partial charge in [-0.15, -0.1) is 6.58 Å². The van der Waals surface area contributed by atoms with E-state index < -0.39 is 67.4 Å². The third kappa shape index (κ3) is 11.0. The molecular weight excluding hydrogens is 672 g/mol. The summed E-state index contributed by atoms with van der Waals surface area (Å²) in [7, 11) is 2.99. The van der Waals surface area contributed by atoms with Gasteiger partial charge in [0.2, 0.25) is 0 Å². The molecule has 2 aliphatic rings. The summed E-state index contributed by atoms with van der Waals surface area (Å²) in [5.74, 6) is -0.559. The Hall–Kier alpha value is -3.53. The van der Waals surface area contributed by atoms with Gasteiger partial charge >= 0.3 is 5.97 Å². The summed E-state index contributed by atoms with van der Waals surface area (Å²) in [5.41, 5.74) is 2.84. The lowest BCUT2D eigenvalue weighted by Gasteiger charge is -2.49. The van der Waals surface area contributed by atoms with Crippen LogP contribution >= 0.6 is 0 Å². The van der Waals surface area contributed by atoms with Crippen molar-refractivity contribution in [3.63, 3.8) is 0 Å². The van der Waals surface area contributed by atoms with Gasteiger partial charge in [0, 0.05) is 21.1 Å². The van der Waals surface area contributed by atoms with Gasteiger partial charge < -0.3 is 52.5 Å². The van der Waals surface area contributed by atoms with Crippen LogP contribution in [0.25, 0.3) is 0 Å². The van der Waals surface area contributed by atoms with Gasteiger partial charge in [0.05, 0.1) is 39.6 Å². The zero-order chi connectivity index (χ0) is 36.7. The molecule has 52 heavy (non-hydrogen) atoms. The second kappa shape index (κ2) is 20.6. The Morgan fingerprint density at radius 1 is 0.673 bits per heavy atom. The predicted molar refractivity (Wildman–Crippen MR) is 189 cm³/mol. The van der Waals surface area contributed by atoms with Crippen molar-refractivity contribution in [1.82, 2.24) is 0 Å². The van der Waals surface area contributed by atoms with E-state index >= 15 is 0 Å². The van der Waals surface area contributed by atoms with Crippen molar-refractivity contribution in [3.05, 3.63) is 120 Å². The zero-order valence-electron chi connectivity index (χ0n) is 29.9. The van der Waals surface area contributed by atoms with Crippen LogP contribution < -0.4 is 0 Å². The fourth-order valence-electron chi connectivity index (χ4n) is 6.30. The van der Waals surface area contributed by atoms with Crippen LogP contribution in [0.4, 0.5) is 0 Å². The monoisotopic (exact) mass is 722 g/mol. The number of methoxy groups -OCH3 is 2. The standard InChI is InChI=1S/C40H50O12/c1-5-21-47-39-38(49-27(2)41)36(44-4)34(32(51-39)26-46-23-29-17-11-7-12-18-29)52-40-37(48-24-30-19-13-8-14-20-30)35(43-3)33(42)31(50-40)25-45-22-28-15-9-6-10-16-28/h5-20,31-40,42H,1,21-26H2,2-4H3/t31-,32-,33-,34-,35+,36+,37-,38-,39+,40+/m1/s1. The molecule has 282 valence electrons. The lowest BCUT2D eigenvalue weighted by atomic mass is 9.96. The van der Waals surface area contributed by atoms with Crippen LogP contribution in [-0.2, 0) is 72.0 Å². The third-order valence-electron chi connectivity index (χ3n) is 8.80. The first-order valence-electron chi connectivity index (χ1n) is 17.4. The van der Waals surface area contributed by atoms with Gasteiger partial charge in [0.25, 0.3) is 0 Å². The topological polar surface area (TPSA) is 130 Å². The van der Waals surface area contributed by atoms with Crippen molar-refractivity contribution in [2.75, 3.05) is 34.0 Å². The van der Waals surface area contributed by atoms with Crippen LogP contribution in [0.15, 0.2) is 104 Å². The molecule has 3 aromatic rings. The van der Waals surface area contributed by atoms with E-state index in [9.17, 15) is 9.90 Å². The molecule has 0 amide bonds. The molecule has 12 heteroatoms. The molecule has 0 saturated carbocycles. The van der Waals surface area contributed by atoms with Crippen LogP contribution in [0.5, 0.6) is 0 Å². The van der Waals surface area contributed by atoms with Crippen molar-refractivity contribution in [2.45, 2.75) is 88.2 Å². The lowest BCUT2D eigenvalue weighted by Crippen LogP contribution is -2.66. The Morgan fingerprint density at radius 2 is 1.19 bits per heavy atom. The fourth-order valence-corrected chi connectivity index (χ4v) is 6.30. The number of rotatable bonds is 19. The van der Waals surface area contributed by atoms with E-state index in [2.05, 4.69) is 6.58 Å². The minimum atomic E-state index is -1.13. The van der Waals surface area contributed by atoms with E-state index in [1.807, 2.05) is 91.0 Å². The first-order valence-corrected chi connectivity index (χ1v) is 17.4. The Kier molecular flexibility index (Phi) is 15.7. The van der Waals surface area contributed by atoms with Crippen LogP contribution in [0.2, 0.25) is 0 Å². The van der Waals surface area contributed by atoms with Crippen molar-refractivity contribution >= 4 is 5.97 Å². The van der Waals surface area contributed by atoms with Crippen molar-refractivity contribution in [1.29, 1.82) is 0 Å². The molecule has 0 bridgehead atoms. The molecule has 5 rings (SSSR count). The number of benzene rings is 3. The highest BCUT2D eigenvalue weighted by atomic mass is 16.8. The highest BCUT2D eigenvalue weighted by molar-refractivity contribution is 5.66. The van der Waals surface area contributed by atoms with E-state index in [-0.39, 0.29) is 26.4 Å². The highest BCUT2D eigenvalue weighted by Gasteiger charge is 2.54. The summed E-state index contributed by atoms with van der Waals surface area (Å²) in [6, 6.07) is 29.0. The average Bonchev–Trinajstić information content (AvgIpc) is 3.16. The molecule has 2 fully saturated rings. The molecule has 0 aliphatic carbocycles. The molecule has 1 N–H and O–H groups in total. The maximum atomic E-state index is 12.4. The summed E-state index contributed by atoms with van der Waals surface area (Å²) in [6.07, 6.45) is -8.05. The Balaban J connectivity index is 1.43. The minimum absolute atomic E-state index is 0.0349. The van der Waals surface area contributed by atoms with Crippen molar-refractivity contribution < 1.29 is 57.3 Å². The van der Waals surface area contributed by atoms with Gasteiger partial charge in [-0.25, -0.2) is 0 Å². The summed E-state index contributed by atoms with van der Waals surface area (Å²) in [5, 5.41) is 11.5. The maximum absolute atomic E-state index is 12.4. The normalized spacial score (nSPS) is 29.0. The minimum Gasteiger partial charge on any atom is -0.454 e. The maximum Gasteiger partial charge on any atom is 0.303 e. The molecule has 3 aromatic carbocycles. The van der Waals surface area contributed by atoms with Crippen molar-refractivity contribution in [3.8, 4) is 0 Å². The quantitative estimate of drug-likeness (QED) is 0.139. The Bertz CT molecular complexity index is 1460. The summed E-state index contributed by atoms with van der Waals surface area (Å²) >= 11 is 0. The highest BCUT2D eigenvalue weighted by Crippen LogP contribution is 2.34. The zero-order valence-corrected chi connectivity index (χ0v) is 29.9. The van der Waals surface area contributed by atoms with Gasteiger partial charge in [0.1, 0.15) is 42.7 Å². The van der Waals surface area contributed by atoms with Gasteiger partial charge in [-0.05, 0) is 16.7 Å². The van der Waals surface area contributed by atoms with Gasteiger partial charge in [-0.3, -0.25) is 4.79 Å². The second-order valence-corrected chi connectivity index (χ2v) is 12.5. The van der Waals surface area contributed by atoms with Gasteiger partial charge in [-0.1, -0.05) is 97.1 Å². The number of ether oxygens (including phenoxy) is 10. The molecule has 0 unspecified atom stereocenters. The molecule has 0 aromatic heterocycles. The SMILES string of the molecule is C=CCO[C@H]1O[C@H](COCc2ccccc2)[C@@H](O[C@@H]2O[C@H](COCc3ccccc3)[C@@H](O)[C@H](OC)[C@H]2OCc2ccccc2)[C@H](OC)[C@H]1OC(C)=O. The number of carbonyl (C=O) groups excluding carboxylic acids is 1. The molecule has 2 saturated heterocycles. The van der Waals surface area contributed by atoms with Gasteiger partial charge in [0.15, 0.2) is 18.7 Å². The van der Waals surface area contributed by atoms with E-state index in [0.29, 0.717) is 13.2 Å². The Morgan fingerprint density at radius 3 is 1.71 bits per heavy atom. The molecule has 10 atom stereocenters. The van der Waals surface area contributed by atoms with E-state index in [1.165, 1.54) is 21.1 Å². The lowest BCUT2D eigenvalue weighted by molar-refractivity contribution is -0.367. The number of aliphatic hydroxyl groups is 1. The number of hydrogen-bond donors (Lipinski definition) is 1. The molecule has 0 spiro atoms. The average molecular weight is 723 g/mol. The van der Waals surface area contributed by atoms with Crippen LogP contribution in [0, 0.1) is 0 Å².